The summed E-state index contributed by atoms with van der Waals surface area (Å²) in [5.74, 6) is -1.04. The second kappa shape index (κ2) is 3.35. The summed E-state index contributed by atoms with van der Waals surface area (Å²) in [6.45, 7) is 1.06. The number of pyridine rings is 1. The lowest BCUT2D eigenvalue weighted by molar-refractivity contribution is -0.792. The van der Waals surface area contributed by atoms with E-state index in [4.69, 9.17) is 0 Å². The SMILES string of the molecule is FC(F)(F)C1=NC2c3cccc[n+]3CC[N+]2=N1. The van der Waals surface area contributed by atoms with E-state index in [1.165, 1.54) is 4.70 Å². The molecule has 1 aromatic rings. The Hall–Kier alpha value is -1.79. The van der Waals surface area contributed by atoms with Crippen LogP contribution in [0.1, 0.15) is 11.9 Å². The molecule has 0 N–H and O–H groups in total. The number of hydrogen-bond acceptors (Lipinski definition) is 2. The number of nitrogens with zero attached hydrogens (tertiary/aromatic N) is 4. The summed E-state index contributed by atoms with van der Waals surface area (Å²) in [5, 5.41) is 3.53. The van der Waals surface area contributed by atoms with E-state index in [9.17, 15) is 13.2 Å². The first-order chi connectivity index (χ1) is 8.05. The van der Waals surface area contributed by atoms with Crippen molar-refractivity contribution in [3.05, 3.63) is 30.1 Å². The monoisotopic (exact) mass is 242 g/mol. The predicted octanol–water partition coefficient (Wildman–Crippen LogP) is 1.43. The van der Waals surface area contributed by atoms with Gasteiger partial charge in [0.2, 0.25) is 13.1 Å². The van der Waals surface area contributed by atoms with Crippen LogP contribution in [-0.2, 0) is 6.54 Å². The topological polar surface area (TPSA) is 31.6 Å². The molecule has 88 valence electrons. The van der Waals surface area contributed by atoms with Gasteiger partial charge in [-0.15, -0.1) is 0 Å². The Labute approximate surface area is 94.7 Å². The number of fused-ring (bicyclic) bond motifs is 3. The molecule has 0 fully saturated rings. The Bertz CT molecular complexity index is 533. The fourth-order valence-corrected chi connectivity index (χ4v) is 2.04. The Kier molecular flexibility index (Phi) is 2.04. The van der Waals surface area contributed by atoms with Crippen molar-refractivity contribution in [1.82, 2.24) is 0 Å². The predicted molar refractivity (Wildman–Crippen MR) is 50.4 cm³/mol. The minimum Gasteiger partial charge on any atom is -0.188 e. The van der Waals surface area contributed by atoms with E-state index in [0.29, 0.717) is 13.1 Å². The van der Waals surface area contributed by atoms with E-state index in [1.54, 1.807) is 12.1 Å². The first-order valence-corrected chi connectivity index (χ1v) is 5.17. The van der Waals surface area contributed by atoms with Crippen LogP contribution in [0, 0.1) is 0 Å². The van der Waals surface area contributed by atoms with Gasteiger partial charge >= 0.3 is 18.2 Å². The summed E-state index contributed by atoms with van der Waals surface area (Å²) in [7, 11) is 0. The number of aliphatic imine (C=N–C) groups is 1. The average Bonchev–Trinajstić information content (AvgIpc) is 2.72. The Morgan fingerprint density at radius 2 is 2.06 bits per heavy atom. The van der Waals surface area contributed by atoms with E-state index >= 15 is 0 Å². The maximum Gasteiger partial charge on any atom is 0.457 e. The molecule has 0 bridgehead atoms. The molecule has 17 heavy (non-hydrogen) atoms. The molecule has 0 saturated heterocycles. The van der Waals surface area contributed by atoms with Gasteiger partial charge in [-0.2, -0.15) is 22.7 Å². The van der Waals surface area contributed by atoms with Gasteiger partial charge in [-0.05, 0) is 6.07 Å². The molecule has 2 aliphatic rings. The van der Waals surface area contributed by atoms with E-state index in [1.807, 2.05) is 16.8 Å². The normalized spacial score (nSPS) is 22.6. The third-order valence-corrected chi connectivity index (χ3v) is 2.81. The molecular weight excluding hydrogens is 233 g/mol. The molecule has 0 saturated carbocycles. The molecule has 1 unspecified atom stereocenters. The molecule has 4 nitrogen and oxygen atoms in total. The van der Waals surface area contributed by atoms with Crippen LogP contribution in [0.3, 0.4) is 0 Å². The Morgan fingerprint density at radius 3 is 2.82 bits per heavy atom. The molecule has 3 heterocycles. The number of azo groups is 2. The van der Waals surface area contributed by atoms with Crippen LogP contribution in [0.5, 0.6) is 0 Å². The Balaban J connectivity index is 2.06. The van der Waals surface area contributed by atoms with Crippen LogP contribution < -0.4 is 4.57 Å². The zero-order valence-electron chi connectivity index (χ0n) is 8.72. The third kappa shape index (κ3) is 1.62. The van der Waals surface area contributed by atoms with Gasteiger partial charge in [0.15, 0.2) is 6.20 Å². The van der Waals surface area contributed by atoms with Crippen molar-refractivity contribution >= 4 is 5.84 Å². The van der Waals surface area contributed by atoms with Crippen LogP contribution in [0.15, 0.2) is 34.5 Å². The van der Waals surface area contributed by atoms with E-state index in [-0.39, 0.29) is 0 Å². The zero-order valence-corrected chi connectivity index (χ0v) is 8.72. The average molecular weight is 242 g/mol. The molecular formula is C10H9F3N4+2. The lowest BCUT2D eigenvalue weighted by Crippen LogP contribution is -2.48. The van der Waals surface area contributed by atoms with Crippen molar-refractivity contribution < 1.29 is 22.4 Å². The first kappa shape index (κ1) is 10.4. The summed E-state index contributed by atoms with van der Waals surface area (Å²) < 4.78 is 40.8. The van der Waals surface area contributed by atoms with E-state index in [2.05, 4.69) is 10.1 Å². The van der Waals surface area contributed by atoms with Gasteiger partial charge in [0.25, 0.3) is 5.69 Å². The van der Waals surface area contributed by atoms with Crippen molar-refractivity contribution in [1.29, 1.82) is 0 Å². The van der Waals surface area contributed by atoms with Gasteiger partial charge in [-0.3, -0.25) is 0 Å². The number of rotatable bonds is 0. The van der Waals surface area contributed by atoms with Gasteiger partial charge < -0.3 is 0 Å². The largest absolute Gasteiger partial charge is 0.457 e. The van der Waals surface area contributed by atoms with E-state index in [0.717, 1.165) is 5.69 Å². The highest BCUT2D eigenvalue weighted by Crippen LogP contribution is 2.29. The highest BCUT2D eigenvalue weighted by atomic mass is 19.4. The van der Waals surface area contributed by atoms with Gasteiger partial charge in [0.05, 0.1) is 0 Å². The molecule has 0 amide bonds. The Morgan fingerprint density at radius 1 is 1.24 bits per heavy atom. The quantitative estimate of drug-likeness (QED) is 0.616. The molecule has 2 aliphatic heterocycles. The van der Waals surface area contributed by atoms with Crippen molar-refractivity contribution in [3.8, 4) is 0 Å². The summed E-state index contributed by atoms with van der Waals surface area (Å²) >= 11 is 0. The number of halogens is 3. The highest BCUT2D eigenvalue weighted by molar-refractivity contribution is 5.88. The molecule has 1 atom stereocenters. The van der Waals surface area contributed by atoms with Gasteiger partial charge in [0, 0.05) is 17.2 Å². The summed E-state index contributed by atoms with van der Waals surface area (Å²) in [4.78, 5) is 3.65. The van der Waals surface area contributed by atoms with E-state index < -0.39 is 18.2 Å². The molecule has 0 radical (unpaired) electrons. The standard InChI is InChI=1S/C10H9F3N4/c11-10(12,13)9-14-8-7-3-1-2-4-16(7)5-6-17(8)15-9/h1-4,8H,5-6H2/q+2. The van der Waals surface area contributed by atoms with Crippen molar-refractivity contribution in [2.75, 3.05) is 6.54 Å². The lowest BCUT2D eigenvalue weighted by Gasteiger charge is -2.09. The summed E-state index contributed by atoms with van der Waals surface area (Å²) in [6.07, 6.45) is -3.27. The van der Waals surface area contributed by atoms with Gasteiger partial charge in [-0.25, -0.2) is 0 Å². The van der Waals surface area contributed by atoms with Crippen LogP contribution in [0.25, 0.3) is 0 Å². The fraction of sp³-hybridized carbons (Fsp3) is 0.400. The number of alkyl halides is 3. The number of amidine groups is 1. The lowest BCUT2D eigenvalue weighted by atomic mass is 10.2. The van der Waals surface area contributed by atoms with Crippen LogP contribution in [0.2, 0.25) is 0 Å². The molecule has 0 spiro atoms. The molecule has 0 aromatic carbocycles. The maximum atomic E-state index is 12.5. The molecule has 0 aliphatic carbocycles. The smallest absolute Gasteiger partial charge is 0.188 e. The van der Waals surface area contributed by atoms with Crippen LogP contribution >= 0.6 is 0 Å². The minimum atomic E-state index is -4.48. The molecule has 3 rings (SSSR count). The van der Waals surface area contributed by atoms with Crippen molar-refractivity contribution in [2.45, 2.75) is 18.9 Å². The fourth-order valence-electron chi connectivity index (χ4n) is 2.04. The number of hydrogen-bond donors (Lipinski definition) is 0. The van der Waals surface area contributed by atoms with Crippen LogP contribution in [-0.4, -0.2) is 23.3 Å². The van der Waals surface area contributed by atoms with Gasteiger partial charge in [-0.1, -0.05) is 4.70 Å². The second-order valence-corrected chi connectivity index (χ2v) is 3.91. The van der Waals surface area contributed by atoms with Crippen molar-refractivity contribution in [2.24, 2.45) is 10.1 Å². The number of aromatic nitrogens is 1. The van der Waals surface area contributed by atoms with Gasteiger partial charge in [0.1, 0.15) is 0 Å². The summed E-state index contributed by atoms with van der Waals surface area (Å²) in [6, 6.07) is 5.41. The molecule has 7 heteroatoms. The van der Waals surface area contributed by atoms with Crippen molar-refractivity contribution in [3.63, 3.8) is 0 Å². The highest BCUT2D eigenvalue weighted by Gasteiger charge is 2.50. The molecule has 1 aromatic heterocycles. The zero-order chi connectivity index (χ0) is 12.0. The summed E-state index contributed by atoms with van der Waals surface area (Å²) in [5.41, 5.74) is 0.738. The minimum absolute atomic E-state index is 0.440. The third-order valence-electron chi connectivity index (χ3n) is 2.81. The first-order valence-electron chi connectivity index (χ1n) is 5.17. The van der Waals surface area contributed by atoms with Crippen LogP contribution in [0.4, 0.5) is 13.2 Å². The second-order valence-electron chi connectivity index (χ2n) is 3.91. The maximum absolute atomic E-state index is 12.5.